The maximum Gasteiger partial charge on any atom is 0.161 e. The lowest BCUT2D eigenvalue weighted by atomic mass is 10.1. The Hall–Kier alpha value is -1.50. The van der Waals surface area contributed by atoms with Crippen LogP contribution in [-0.4, -0.2) is 0 Å². The van der Waals surface area contributed by atoms with Crippen molar-refractivity contribution in [2.45, 2.75) is 6.42 Å². The van der Waals surface area contributed by atoms with E-state index in [2.05, 4.69) is 0 Å². The third-order valence-corrected chi connectivity index (χ3v) is 1.36. The first-order valence-corrected chi connectivity index (χ1v) is 3.15. The molecule has 0 aliphatic heterocycles. The van der Waals surface area contributed by atoms with Crippen LogP contribution in [0.3, 0.4) is 0 Å². The zero-order chi connectivity index (χ0) is 9.14. The van der Waals surface area contributed by atoms with E-state index in [0.717, 1.165) is 0 Å². The van der Waals surface area contributed by atoms with E-state index in [0.29, 0.717) is 12.1 Å². The number of halogens is 3. The molecule has 0 saturated heterocycles. The van der Waals surface area contributed by atoms with Gasteiger partial charge in [-0.1, -0.05) is 0 Å². The quantitative estimate of drug-likeness (QED) is 0.594. The zero-order valence-electron chi connectivity index (χ0n) is 5.94. The molecule has 0 unspecified atom stereocenters. The number of nitriles is 1. The first-order valence-electron chi connectivity index (χ1n) is 3.15. The van der Waals surface area contributed by atoms with Gasteiger partial charge in [0.2, 0.25) is 0 Å². The van der Waals surface area contributed by atoms with Gasteiger partial charge in [-0.25, -0.2) is 13.2 Å². The molecule has 0 aliphatic carbocycles. The lowest BCUT2D eigenvalue weighted by molar-refractivity contribution is 0.491. The molecule has 12 heavy (non-hydrogen) atoms. The highest BCUT2D eigenvalue weighted by molar-refractivity contribution is 5.22. The maximum atomic E-state index is 12.7. The summed E-state index contributed by atoms with van der Waals surface area (Å²) in [5, 5.41) is 8.17. The fourth-order valence-electron chi connectivity index (χ4n) is 0.784. The lowest BCUT2D eigenvalue weighted by Gasteiger charge is -1.98. The molecule has 1 nitrogen and oxygen atoms in total. The Kier molecular flexibility index (Phi) is 2.34. The number of nitrogens with zero attached hydrogens (tertiary/aromatic N) is 1. The van der Waals surface area contributed by atoms with E-state index in [1.165, 1.54) is 0 Å². The minimum Gasteiger partial charge on any atom is -0.207 e. The first-order chi connectivity index (χ1) is 5.65. The van der Waals surface area contributed by atoms with Crippen molar-refractivity contribution in [2.75, 3.05) is 0 Å². The monoisotopic (exact) mass is 171 g/mol. The molecular weight excluding hydrogens is 167 g/mol. The topological polar surface area (TPSA) is 23.8 Å². The Labute approximate surface area is 67.1 Å². The molecular formula is C8H4F3N. The number of rotatable bonds is 1. The van der Waals surface area contributed by atoms with Gasteiger partial charge < -0.3 is 0 Å². The standard InChI is InChI=1S/C8H4F3N/c9-6-4-8(11)7(10)3-5(6)1-2-12/h3-4H,1H2. The molecule has 0 saturated carbocycles. The average molecular weight is 171 g/mol. The largest absolute Gasteiger partial charge is 0.207 e. The molecule has 0 radical (unpaired) electrons. The second-order valence-corrected chi connectivity index (χ2v) is 2.19. The molecule has 4 heteroatoms. The van der Waals surface area contributed by atoms with E-state index >= 15 is 0 Å². The molecule has 0 fully saturated rings. The highest BCUT2D eigenvalue weighted by atomic mass is 19.2. The van der Waals surface area contributed by atoms with Gasteiger partial charge in [-0.05, 0) is 6.07 Å². The fraction of sp³-hybridized carbons (Fsp3) is 0.125. The normalized spacial score (nSPS) is 9.50. The predicted molar refractivity (Wildman–Crippen MR) is 35.6 cm³/mol. The third kappa shape index (κ3) is 1.56. The summed E-state index contributed by atoms with van der Waals surface area (Å²) >= 11 is 0. The number of benzene rings is 1. The van der Waals surface area contributed by atoms with Crippen LogP contribution < -0.4 is 0 Å². The maximum absolute atomic E-state index is 12.7. The van der Waals surface area contributed by atoms with Gasteiger partial charge in [0.05, 0.1) is 12.5 Å². The molecule has 0 heterocycles. The molecule has 0 bridgehead atoms. The summed E-state index contributed by atoms with van der Waals surface area (Å²) < 4.78 is 37.4. The summed E-state index contributed by atoms with van der Waals surface area (Å²) in [4.78, 5) is 0. The van der Waals surface area contributed by atoms with Crippen LogP contribution in [0.4, 0.5) is 13.2 Å². The van der Waals surface area contributed by atoms with Crippen molar-refractivity contribution in [3.8, 4) is 6.07 Å². The molecule has 1 aromatic rings. The van der Waals surface area contributed by atoms with E-state index in [4.69, 9.17) is 5.26 Å². The van der Waals surface area contributed by atoms with Crippen molar-refractivity contribution in [2.24, 2.45) is 0 Å². The van der Waals surface area contributed by atoms with Crippen LogP contribution in [0.15, 0.2) is 12.1 Å². The molecule has 62 valence electrons. The minimum atomic E-state index is -1.24. The van der Waals surface area contributed by atoms with Crippen LogP contribution in [-0.2, 0) is 6.42 Å². The highest BCUT2D eigenvalue weighted by Gasteiger charge is 2.08. The Morgan fingerprint density at radius 2 is 1.67 bits per heavy atom. The van der Waals surface area contributed by atoms with Gasteiger partial charge in [0.15, 0.2) is 11.6 Å². The molecule has 0 amide bonds. The van der Waals surface area contributed by atoms with Gasteiger partial charge in [0, 0.05) is 11.6 Å². The summed E-state index contributed by atoms with van der Waals surface area (Å²) in [5.41, 5.74) is -0.128. The van der Waals surface area contributed by atoms with Gasteiger partial charge in [0.25, 0.3) is 0 Å². The smallest absolute Gasteiger partial charge is 0.161 e. The lowest BCUT2D eigenvalue weighted by Crippen LogP contribution is -1.93. The third-order valence-electron chi connectivity index (χ3n) is 1.36. The van der Waals surface area contributed by atoms with E-state index < -0.39 is 17.5 Å². The Balaban J connectivity index is 3.16. The fourth-order valence-corrected chi connectivity index (χ4v) is 0.784. The minimum absolute atomic E-state index is 0.128. The van der Waals surface area contributed by atoms with E-state index in [9.17, 15) is 13.2 Å². The van der Waals surface area contributed by atoms with Crippen molar-refractivity contribution < 1.29 is 13.2 Å². The van der Waals surface area contributed by atoms with Gasteiger partial charge in [-0.3, -0.25) is 0 Å². The van der Waals surface area contributed by atoms with Crippen LogP contribution >= 0.6 is 0 Å². The highest BCUT2D eigenvalue weighted by Crippen LogP contribution is 2.13. The van der Waals surface area contributed by atoms with Gasteiger partial charge in [-0.2, -0.15) is 5.26 Å². The first kappa shape index (κ1) is 8.60. The summed E-state index contributed by atoms with van der Waals surface area (Å²) in [6.45, 7) is 0. The van der Waals surface area contributed by atoms with Gasteiger partial charge in [0.1, 0.15) is 5.82 Å². The van der Waals surface area contributed by atoms with Crippen molar-refractivity contribution in [1.29, 1.82) is 5.26 Å². The second-order valence-electron chi connectivity index (χ2n) is 2.19. The molecule has 0 atom stereocenters. The Bertz CT molecular complexity index is 341. The Morgan fingerprint density at radius 1 is 1.08 bits per heavy atom. The van der Waals surface area contributed by atoms with Crippen molar-refractivity contribution in [1.82, 2.24) is 0 Å². The average Bonchev–Trinajstić information content (AvgIpc) is 2.01. The number of hydrogen-bond donors (Lipinski definition) is 0. The summed E-state index contributed by atoms with van der Waals surface area (Å²) in [5.74, 6) is -3.27. The summed E-state index contributed by atoms with van der Waals surface area (Å²) in [7, 11) is 0. The number of hydrogen-bond acceptors (Lipinski definition) is 1. The van der Waals surface area contributed by atoms with Crippen LogP contribution in [0.25, 0.3) is 0 Å². The molecule has 0 spiro atoms. The van der Waals surface area contributed by atoms with E-state index in [1.807, 2.05) is 0 Å². The van der Waals surface area contributed by atoms with Crippen molar-refractivity contribution in [3.05, 3.63) is 35.1 Å². The van der Waals surface area contributed by atoms with Gasteiger partial charge in [-0.15, -0.1) is 0 Å². The molecule has 1 aromatic carbocycles. The van der Waals surface area contributed by atoms with Crippen LogP contribution in [0.1, 0.15) is 5.56 Å². The van der Waals surface area contributed by atoms with E-state index in [1.54, 1.807) is 6.07 Å². The SMILES string of the molecule is N#CCc1cc(F)c(F)cc1F. The van der Waals surface area contributed by atoms with Crippen molar-refractivity contribution in [3.63, 3.8) is 0 Å². The predicted octanol–water partition coefficient (Wildman–Crippen LogP) is 2.17. The van der Waals surface area contributed by atoms with Crippen LogP contribution in [0.2, 0.25) is 0 Å². The van der Waals surface area contributed by atoms with Gasteiger partial charge >= 0.3 is 0 Å². The van der Waals surface area contributed by atoms with Crippen LogP contribution in [0, 0.1) is 28.8 Å². The van der Waals surface area contributed by atoms with E-state index in [-0.39, 0.29) is 12.0 Å². The van der Waals surface area contributed by atoms with Crippen LogP contribution in [0.5, 0.6) is 0 Å². The zero-order valence-corrected chi connectivity index (χ0v) is 5.94. The molecule has 0 aliphatic rings. The summed E-state index contributed by atoms with van der Waals surface area (Å²) in [6.07, 6.45) is -0.261. The second kappa shape index (κ2) is 3.26. The molecule has 0 aromatic heterocycles. The Morgan fingerprint density at radius 3 is 2.25 bits per heavy atom. The molecule has 0 N–H and O–H groups in total. The van der Waals surface area contributed by atoms with Crippen molar-refractivity contribution >= 4 is 0 Å². The summed E-state index contributed by atoms with van der Waals surface area (Å²) in [6, 6.07) is 2.76. The molecule has 1 rings (SSSR count).